The minimum Gasteiger partial charge on any atom is -0.298 e. The zero-order valence-electron chi connectivity index (χ0n) is 17.5. The van der Waals surface area contributed by atoms with Crippen LogP contribution in [-0.2, 0) is 5.54 Å². The van der Waals surface area contributed by atoms with E-state index in [2.05, 4.69) is 64.6 Å². The first-order chi connectivity index (χ1) is 12.4. The molecule has 1 aromatic rings. The molecule has 0 radical (unpaired) electrons. The molecule has 0 N–H and O–H groups in total. The molecule has 1 saturated carbocycles. The Morgan fingerprint density at radius 1 is 1.08 bits per heavy atom. The van der Waals surface area contributed by atoms with Gasteiger partial charge in [-0.05, 0) is 55.9 Å². The number of hydrogen-bond donors (Lipinski definition) is 0. The zero-order chi connectivity index (χ0) is 18.7. The van der Waals surface area contributed by atoms with Crippen LogP contribution >= 0.6 is 0 Å². The predicted octanol–water partition coefficient (Wildman–Crippen LogP) is 3.47. The molecule has 2 fully saturated rings. The van der Waals surface area contributed by atoms with Gasteiger partial charge in [-0.3, -0.25) is 9.80 Å². The standard InChI is InChI=1S/C20H38N6/c1-6-20(4,5)26-19(21-22-23-26)18(15-16(2)3)25-13-11-24(12-14-25)17-9-7-8-10-17/h16-18H,6-15H2,1-5H3/t18-/m0/s1. The summed E-state index contributed by atoms with van der Waals surface area (Å²) in [7, 11) is 0. The molecule has 2 aliphatic rings. The van der Waals surface area contributed by atoms with E-state index in [1.807, 2.05) is 0 Å². The molecule has 26 heavy (non-hydrogen) atoms. The van der Waals surface area contributed by atoms with Gasteiger partial charge in [0.1, 0.15) is 0 Å². The topological polar surface area (TPSA) is 50.1 Å². The summed E-state index contributed by atoms with van der Waals surface area (Å²) in [6, 6.07) is 1.16. The first kappa shape index (κ1) is 19.7. The molecule has 0 unspecified atom stereocenters. The van der Waals surface area contributed by atoms with E-state index in [-0.39, 0.29) is 5.54 Å². The van der Waals surface area contributed by atoms with Crippen molar-refractivity contribution in [1.82, 2.24) is 30.0 Å². The number of aromatic nitrogens is 4. The smallest absolute Gasteiger partial charge is 0.168 e. The lowest BCUT2D eigenvalue weighted by Crippen LogP contribution is -2.51. The summed E-state index contributed by atoms with van der Waals surface area (Å²) in [5.74, 6) is 1.68. The normalized spacial score (nSPS) is 22.4. The summed E-state index contributed by atoms with van der Waals surface area (Å²) in [6.07, 6.45) is 7.78. The van der Waals surface area contributed by atoms with Crippen LogP contribution in [0.4, 0.5) is 0 Å². The van der Waals surface area contributed by atoms with Crippen LogP contribution < -0.4 is 0 Å². The molecule has 2 heterocycles. The van der Waals surface area contributed by atoms with Crippen molar-refractivity contribution in [3.05, 3.63) is 5.82 Å². The number of hydrogen-bond acceptors (Lipinski definition) is 5. The Labute approximate surface area is 159 Å². The highest BCUT2D eigenvalue weighted by Gasteiger charge is 2.34. The monoisotopic (exact) mass is 362 g/mol. The van der Waals surface area contributed by atoms with E-state index in [1.54, 1.807) is 0 Å². The van der Waals surface area contributed by atoms with Crippen LogP contribution in [0.1, 0.15) is 85.0 Å². The number of rotatable bonds is 7. The van der Waals surface area contributed by atoms with Gasteiger partial charge in [0.25, 0.3) is 0 Å². The fourth-order valence-corrected chi connectivity index (χ4v) is 4.53. The molecular weight excluding hydrogens is 324 g/mol. The minimum absolute atomic E-state index is 0.0419. The SMILES string of the molecule is CCC(C)(C)n1nnnc1[C@H](CC(C)C)N1CCN(C2CCCC2)CC1. The highest BCUT2D eigenvalue weighted by molar-refractivity contribution is 4.99. The summed E-state index contributed by atoms with van der Waals surface area (Å²) in [4.78, 5) is 5.37. The molecule has 0 bridgehead atoms. The summed E-state index contributed by atoms with van der Waals surface area (Å²) >= 11 is 0. The van der Waals surface area contributed by atoms with E-state index in [9.17, 15) is 0 Å². The third kappa shape index (κ3) is 4.28. The van der Waals surface area contributed by atoms with Gasteiger partial charge in [0, 0.05) is 32.2 Å². The maximum atomic E-state index is 4.50. The molecule has 1 atom stereocenters. The van der Waals surface area contributed by atoms with Crippen molar-refractivity contribution in [2.45, 2.75) is 90.8 Å². The van der Waals surface area contributed by atoms with Crippen LogP contribution in [0.15, 0.2) is 0 Å². The average Bonchev–Trinajstić information content (AvgIpc) is 3.31. The lowest BCUT2D eigenvalue weighted by molar-refractivity contribution is 0.0564. The summed E-state index contributed by atoms with van der Waals surface area (Å²) < 4.78 is 2.09. The Morgan fingerprint density at radius 2 is 1.73 bits per heavy atom. The Morgan fingerprint density at radius 3 is 2.31 bits per heavy atom. The molecule has 0 spiro atoms. The lowest BCUT2D eigenvalue weighted by atomic mass is 9.98. The predicted molar refractivity (Wildman–Crippen MR) is 105 cm³/mol. The highest BCUT2D eigenvalue weighted by atomic mass is 15.6. The van der Waals surface area contributed by atoms with Crippen molar-refractivity contribution in [1.29, 1.82) is 0 Å². The van der Waals surface area contributed by atoms with Crippen LogP contribution in [0.5, 0.6) is 0 Å². The Hall–Kier alpha value is -1.01. The third-order valence-electron chi connectivity index (χ3n) is 6.56. The van der Waals surface area contributed by atoms with Crippen LogP contribution in [-0.4, -0.2) is 62.2 Å². The molecular formula is C20H38N6. The van der Waals surface area contributed by atoms with Gasteiger partial charge in [-0.25, -0.2) is 4.68 Å². The number of nitrogens with zero attached hydrogens (tertiary/aromatic N) is 6. The minimum atomic E-state index is -0.0419. The number of tetrazole rings is 1. The maximum absolute atomic E-state index is 4.50. The highest BCUT2D eigenvalue weighted by Crippen LogP contribution is 2.32. The summed E-state index contributed by atoms with van der Waals surface area (Å²) in [5.41, 5.74) is -0.0419. The van der Waals surface area contributed by atoms with Crippen molar-refractivity contribution in [2.24, 2.45) is 5.92 Å². The Bertz CT molecular complexity index is 552. The fraction of sp³-hybridized carbons (Fsp3) is 0.950. The van der Waals surface area contributed by atoms with E-state index in [0.717, 1.165) is 37.8 Å². The molecule has 1 aliphatic heterocycles. The lowest BCUT2D eigenvalue weighted by Gasteiger charge is -2.42. The molecule has 6 nitrogen and oxygen atoms in total. The van der Waals surface area contributed by atoms with Crippen LogP contribution in [0, 0.1) is 5.92 Å². The molecule has 1 saturated heterocycles. The summed E-state index contributed by atoms with van der Waals surface area (Å²) in [5, 5.41) is 12.9. The van der Waals surface area contributed by atoms with Crippen molar-refractivity contribution < 1.29 is 0 Å². The molecule has 0 aromatic carbocycles. The number of piperazine rings is 1. The van der Waals surface area contributed by atoms with Gasteiger partial charge in [0.2, 0.25) is 0 Å². The van der Waals surface area contributed by atoms with Crippen LogP contribution in [0.25, 0.3) is 0 Å². The molecule has 6 heteroatoms. The maximum Gasteiger partial charge on any atom is 0.168 e. The second-order valence-corrected chi connectivity index (χ2v) is 9.27. The van der Waals surface area contributed by atoms with Crippen molar-refractivity contribution in [2.75, 3.05) is 26.2 Å². The quantitative estimate of drug-likeness (QED) is 0.743. The van der Waals surface area contributed by atoms with Crippen molar-refractivity contribution in [3.8, 4) is 0 Å². The molecule has 0 amide bonds. The second kappa shape index (κ2) is 8.34. The molecule has 1 aromatic heterocycles. The largest absolute Gasteiger partial charge is 0.298 e. The Balaban J connectivity index is 1.74. The first-order valence-electron chi connectivity index (χ1n) is 10.7. The van der Waals surface area contributed by atoms with E-state index in [4.69, 9.17) is 0 Å². The average molecular weight is 363 g/mol. The van der Waals surface area contributed by atoms with Crippen LogP contribution in [0.3, 0.4) is 0 Å². The van der Waals surface area contributed by atoms with E-state index < -0.39 is 0 Å². The zero-order valence-corrected chi connectivity index (χ0v) is 17.5. The first-order valence-corrected chi connectivity index (χ1v) is 10.7. The van der Waals surface area contributed by atoms with Gasteiger partial charge >= 0.3 is 0 Å². The van der Waals surface area contributed by atoms with Crippen LogP contribution in [0.2, 0.25) is 0 Å². The fourth-order valence-electron chi connectivity index (χ4n) is 4.53. The van der Waals surface area contributed by atoms with E-state index >= 15 is 0 Å². The van der Waals surface area contributed by atoms with Gasteiger partial charge in [-0.2, -0.15) is 0 Å². The van der Waals surface area contributed by atoms with Crippen molar-refractivity contribution >= 4 is 0 Å². The molecule has 148 valence electrons. The van der Waals surface area contributed by atoms with Gasteiger partial charge in [-0.15, -0.1) is 5.10 Å². The second-order valence-electron chi connectivity index (χ2n) is 9.27. The van der Waals surface area contributed by atoms with Gasteiger partial charge < -0.3 is 0 Å². The van der Waals surface area contributed by atoms with E-state index in [1.165, 1.54) is 38.8 Å². The third-order valence-corrected chi connectivity index (χ3v) is 6.56. The van der Waals surface area contributed by atoms with Crippen molar-refractivity contribution in [3.63, 3.8) is 0 Å². The van der Waals surface area contributed by atoms with Gasteiger partial charge in [0.15, 0.2) is 5.82 Å². The van der Waals surface area contributed by atoms with Gasteiger partial charge in [-0.1, -0.05) is 33.6 Å². The Kier molecular flexibility index (Phi) is 6.33. The molecule has 1 aliphatic carbocycles. The van der Waals surface area contributed by atoms with Gasteiger partial charge in [0.05, 0.1) is 11.6 Å². The molecule has 3 rings (SSSR count). The summed E-state index contributed by atoms with van der Waals surface area (Å²) in [6.45, 7) is 15.9. The van der Waals surface area contributed by atoms with E-state index in [0.29, 0.717) is 12.0 Å².